The molecule has 2 aromatic rings. The van der Waals surface area contributed by atoms with Crippen LogP contribution in [0.3, 0.4) is 0 Å². The maximum absolute atomic E-state index is 13.0. The smallest absolute Gasteiger partial charge is 0.255 e. The zero-order valence-corrected chi connectivity index (χ0v) is 18.6. The molecule has 0 spiro atoms. The summed E-state index contributed by atoms with van der Waals surface area (Å²) < 4.78 is 0. The molecule has 5 nitrogen and oxygen atoms in total. The Morgan fingerprint density at radius 3 is 2.53 bits per heavy atom. The van der Waals surface area contributed by atoms with Crippen molar-refractivity contribution in [2.45, 2.75) is 13.3 Å². The normalized spacial score (nSPS) is 21.0. The lowest BCUT2D eigenvalue weighted by atomic mass is 10.0. The van der Waals surface area contributed by atoms with Gasteiger partial charge in [-0.2, -0.15) is 0 Å². The van der Waals surface area contributed by atoms with Crippen LogP contribution in [-0.2, 0) is 0 Å². The monoisotopic (exact) mass is 426 g/mol. The van der Waals surface area contributed by atoms with E-state index in [1.54, 1.807) is 0 Å². The molecule has 2 unspecified atom stereocenters. The van der Waals surface area contributed by atoms with Crippen molar-refractivity contribution in [1.29, 1.82) is 0 Å². The lowest BCUT2D eigenvalue weighted by molar-refractivity contribution is 0.0775. The van der Waals surface area contributed by atoms with Crippen LogP contribution >= 0.6 is 11.6 Å². The first kappa shape index (κ1) is 21.0. The number of para-hydroxylation sites is 1. The van der Waals surface area contributed by atoms with Gasteiger partial charge in [0.05, 0.1) is 5.56 Å². The van der Waals surface area contributed by atoms with E-state index in [-0.39, 0.29) is 5.91 Å². The van der Waals surface area contributed by atoms with Gasteiger partial charge in [0.2, 0.25) is 0 Å². The van der Waals surface area contributed by atoms with Crippen LogP contribution in [0.4, 0.5) is 11.4 Å². The number of halogens is 1. The summed E-state index contributed by atoms with van der Waals surface area (Å²) in [5.74, 6) is 1.35. The second-order valence-corrected chi connectivity index (χ2v) is 8.94. The quantitative estimate of drug-likeness (QED) is 0.651. The maximum atomic E-state index is 13.0. The standard InChI is InChI=1S/C24H31ClN4O/c1-17-8-9-20(12-22(17)25)27-10-5-11-28-13-18-15-29(16-19(18)14-28)24(30)21-6-3-4-7-23(21)26-2/h3-4,6-9,12,18-19,26-27H,5,10-11,13-16H2,1-2H3. The SMILES string of the molecule is CNc1ccccc1C(=O)N1CC2CN(CCCNc3ccc(C)c(Cl)c3)CC2C1. The highest BCUT2D eigenvalue weighted by Gasteiger charge is 2.41. The van der Waals surface area contributed by atoms with Crippen LogP contribution in [-0.4, -0.2) is 62.0 Å². The van der Waals surface area contributed by atoms with E-state index in [1.165, 1.54) is 0 Å². The van der Waals surface area contributed by atoms with Crippen LogP contribution in [0.15, 0.2) is 42.5 Å². The van der Waals surface area contributed by atoms with Crippen molar-refractivity contribution in [2.75, 3.05) is 56.9 Å². The van der Waals surface area contributed by atoms with E-state index in [0.717, 1.165) is 73.2 Å². The van der Waals surface area contributed by atoms with Gasteiger partial charge < -0.3 is 20.4 Å². The number of nitrogens with zero attached hydrogens (tertiary/aromatic N) is 2. The van der Waals surface area contributed by atoms with Gasteiger partial charge >= 0.3 is 0 Å². The van der Waals surface area contributed by atoms with Gasteiger partial charge in [-0.3, -0.25) is 4.79 Å². The molecule has 2 atom stereocenters. The molecule has 2 heterocycles. The largest absolute Gasteiger partial charge is 0.387 e. The lowest BCUT2D eigenvalue weighted by Gasteiger charge is -2.22. The zero-order valence-electron chi connectivity index (χ0n) is 17.8. The Morgan fingerprint density at radius 2 is 1.83 bits per heavy atom. The minimum Gasteiger partial charge on any atom is -0.387 e. The molecule has 0 radical (unpaired) electrons. The molecular weight excluding hydrogens is 396 g/mol. The van der Waals surface area contributed by atoms with Gasteiger partial charge in [0.1, 0.15) is 0 Å². The van der Waals surface area contributed by atoms with Crippen molar-refractivity contribution in [2.24, 2.45) is 11.8 Å². The Kier molecular flexibility index (Phi) is 6.49. The first-order valence-electron chi connectivity index (χ1n) is 10.8. The molecular formula is C24H31ClN4O. The molecule has 2 saturated heterocycles. The summed E-state index contributed by atoms with van der Waals surface area (Å²) in [5.41, 5.74) is 3.87. The first-order chi connectivity index (χ1) is 14.5. The van der Waals surface area contributed by atoms with Crippen LogP contribution < -0.4 is 10.6 Å². The Labute approximate surface area is 184 Å². The second kappa shape index (κ2) is 9.27. The van der Waals surface area contributed by atoms with Crippen LogP contribution in [0.5, 0.6) is 0 Å². The number of hydrogen-bond acceptors (Lipinski definition) is 4. The van der Waals surface area contributed by atoms with E-state index in [0.29, 0.717) is 11.8 Å². The maximum Gasteiger partial charge on any atom is 0.255 e. The van der Waals surface area contributed by atoms with Crippen LogP contribution in [0, 0.1) is 18.8 Å². The number of anilines is 2. The predicted molar refractivity (Wildman–Crippen MR) is 125 cm³/mol. The average Bonchev–Trinajstić information content (AvgIpc) is 3.32. The third-order valence-electron chi connectivity index (χ3n) is 6.43. The third-order valence-corrected chi connectivity index (χ3v) is 6.84. The molecule has 2 aliphatic rings. The molecule has 2 fully saturated rings. The average molecular weight is 427 g/mol. The van der Waals surface area contributed by atoms with Gasteiger partial charge in [-0.15, -0.1) is 0 Å². The van der Waals surface area contributed by atoms with Crippen molar-refractivity contribution in [3.8, 4) is 0 Å². The number of amides is 1. The number of nitrogens with one attached hydrogen (secondary N) is 2. The molecule has 0 aromatic heterocycles. The molecule has 2 N–H and O–H groups in total. The fraction of sp³-hybridized carbons (Fsp3) is 0.458. The van der Waals surface area contributed by atoms with Crippen molar-refractivity contribution >= 4 is 28.9 Å². The van der Waals surface area contributed by atoms with Gasteiger partial charge in [0.15, 0.2) is 0 Å². The molecule has 1 amide bonds. The number of carbonyl (C=O) groups excluding carboxylic acids is 1. The summed E-state index contributed by atoms with van der Waals surface area (Å²) in [6.45, 7) is 7.99. The van der Waals surface area contributed by atoms with E-state index in [1.807, 2.05) is 55.3 Å². The van der Waals surface area contributed by atoms with E-state index < -0.39 is 0 Å². The number of likely N-dealkylation sites (tertiary alicyclic amines) is 2. The summed E-state index contributed by atoms with van der Waals surface area (Å²) in [4.78, 5) is 17.6. The van der Waals surface area contributed by atoms with Crippen molar-refractivity contribution < 1.29 is 4.79 Å². The summed E-state index contributed by atoms with van der Waals surface area (Å²) in [6, 6.07) is 13.9. The van der Waals surface area contributed by atoms with Gasteiger partial charge in [0.25, 0.3) is 5.91 Å². The van der Waals surface area contributed by atoms with Crippen molar-refractivity contribution in [1.82, 2.24) is 9.80 Å². The molecule has 0 bridgehead atoms. The van der Waals surface area contributed by atoms with E-state index in [2.05, 4.69) is 21.6 Å². The number of rotatable bonds is 7. The molecule has 0 aliphatic carbocycles. The number of carbonyl (C=O) groups is 1. The number of aryl methyl sites for hydroxylation is 1. The summed E-state index contributed by atoms with van der Waals surface area (Å²) in [7, 11) is 1.87. The lowest BCUT2D eigenvalue weighted by Crippen LogP contribution is -2.34. The summed E-state index contributed by atoms with van der Waals surface area (Å²) >= 11 is 6.20. The zero-order chi connectivity index (χ0) is 21.1. The third kappa shape index (κ3) is 4.57. The Balaban J connectivity index is 1.22. The minimum absolute atomic E-state index is 0.154. The highest BCUT2D eigenvalue weighted by Crippen LogP contribution is 2.32. The highest BCUT2D eigenvalue weighted by atomic mass is 35.5. The fourth-order valence-corrected chi connectivity index (χ4v) is 4.92. The highest BCUT2D eigenvalue weighted by molar-refractivity contribution is 6.31. The number of fused-ring (bicyclic) bond motifs is 1. The van der Waals surface area contributed by atoms with Crippen molar-refractivity contribution in [3.63, 3.8) is 0 Å². The van der Waals surface area contributed by atoms with Gasteiger partial charge in [0, 0.05) is 56.2 Å². The summed E-state index contributed by atoms with van der Waals surface area (Å²) in [6.07, 6.45) is 1.10. The first-order valence-corrected chi connectivity index (χ1v) is 11.2. The molecule has 30 heavy (non-hydrogen) atoms. The topological polar surface area (TPSA) is 47.6 Å². The van der Waals surface area contributed by atoms with Crippen LogP contribution in [0.25, 0.3) is 0 Å². The molecule has 4 rings (SSSR count). The Hall–Kier alpha value is -2.24. The van der Waals surface area contributed by atoms with Gasteiger partial charge in [-0.1, -0.05) is 29.8 Å². The molecule has 160 valence electrons. The predicted octanol–water partition coefficient (Wildman–Crippen LogP) is 4.20. The van der Waals surface area contributed by atoms with Gasteiger partial charge in [-0.05, 0) is 61.6 Å². The minimum atomic E-state index is 0.154. The summed E-state index contributed by atoms with van der Waals surface area (Å²) in [5, 5.41) is 7.41. The van der Waals surface area contributed by atoms with E-state index >= 15 is 0 Å². The van der Waals surface area contributed by atoms with Crippen molar-refractivity contribution in [3.05, 3.63) is 58.6 Å². The van der Waals surface area contributed by atoms with Crippen LogP contribution in [0.1, 0.15) is 22.3 Å². The molecule has 0 saturated carbocycles. The van der Waals surface area contributed by atoms with Gasteiger partial charge in [-0.25, -0.2) is 0 Å². The molecule has 2 aromatic carbocycles. The molecule has 2 aliphatic heterocycles. The fourth-order valence-electron chi connectivity index (χ4n) is 4.73. The number of benzene rings is 2. The Morgan fingerprint density at radius 1 is 1.10 bits per heavy atom. The molecule has 6 heteroatoms. The van der Waals surface area contributed by atoms with E-state index in [4.69, 9.17) is 11.6 Å². The van der Waals surface area contributed by atoms with E-state index in [9.17, 15) is 4.79 Å². The number of hydrogen-bond donors (Lipinski definition) is 2. The second-order valence-electron chi connectivity index (χ2n) is 8.53. The Bertz CT molecular complexity index is 889. The van der Waals surface area contributed by atoms with Crippen LogP contribution in [0.2, 0.25) is 5.02 Å².